The lowest BCUT2D eigenvalue weighted by atomic mass is 10.0. The number of aliphatic hydroxyl groups is 1. The van der Waals surface area contributed by atoms with E-state index in [9.17, 15) is 9.90 Å². The van der Waals surface area contributed by atoms with Gasteiger partial charge in [-0.05, 0) is 88.4 Å². The average molecular weight is 492 g/mol. The fourth-order valence-corrected chi connectivity index (χ4v) is 3.52. The Hall–Kier alpha value is -2.87. The third kappa shape index (κ3) is 19.4. The molecule has 0 fully saturated rings. The van der Waals surface area contributed by atoms with E-state index in [0.29, 0.717) is 12.8 Å². The maximum absolute atomic E-state index is 10.4. The lowest BCUT2D eigenvalue weighted by Crippen LogP contribution is -2.03. The van der Waals surface area contributed by atoms with E-state index in [-0.39, 0.29) is 6.42 Å². The van der Waals surface area contributed by atoms with E-state index >= 15 is 0 Å². The van der Waals surface area contributed by atoms with Gasteiger partial charge in [-0.25, -0.2) is 0 Å². The lowest BCUT2D eigenvalue weighted by molar-refractivity contribution is -0.137. The Morgan fingerprint density at radius 1 is 0.889 bits per heavy atom. The topological polar surface area (TPSA) is 83.5 Å². The average Bonchev–Trinajstić information content (AvgIpc) is 2.87. The molecule has 0 unspecified atom stereocenters. The Bertz CT molecular complexity index is 869. The second kappa shape index (κ2) is 22.6. The van der Waals surface area contributed by atoms with Crippen LogP contribution in [0.4, 0.5) is 0 Å². The molecule has 0 saturated heterocycles. The molecule has 0 aromatic heterocycles. The third-order valence-electron chi connectivity index (χ3n) is 5.63. The Labute approximate surface area is 218 Å². The second-order valence-corrected chi connectivity index (χ2v) is 8.92. The van der Waals surface area contributed by atoms with Gasteiger partial charge in [-0.1, -0.05) is 79.0 Å². The molecule has 0 aliphatic carbocycles. The summed E-state index contributed by atoms with van der Waals surface area (Å²) >= 11 is 0. The number of carboxylic acid groups (broad SMARTS) is 1. The fourth-order valence-electron chi connectivity index (χ4n) is 3.52. The SMILES string of the molecule is NCCCCC#Cc1ccc(CCCCC/C=C\C/C=C\C/C=C\C=C\[C@@H](O)CCCC(=O)O)cc1. The molecule has 1 aromatic carbocycles. The van der Waals surface area contributed by atoms with E-state index in [2.05, 4.69) is 60.4 Å². The molecule has 1 atom stereocenters. The zero-order valence-electron chi connectivity index (χ0n) is 21.8. The molecular formula is C32H45NO3. The van der Waals surface area contributed by atoms with Gasteiger partial charge in [0, 0.05) is 18.4 Å². The molecule has 4 nitrogen and oxygen atoms in total. The van der Waals surface area contributed by atoms with Crippen molar-refractivity contribution in [2.45, 2.75) is 89.6 Å². The van der Waals surface area contributed by atoms with Crippen molar-refractivity contribution in [1.82, 2.24) is 0 Å². The minimum Gasteiger partial charge on any atom is -0.481 e. The number of hydrogen-bond donors (Lipinski definition) is 3. The maximum Gasteiger partial charge on any atom is 0.303 e. The van der Waals surface area contributed by atoms with Crippen molar-refractivity contribution >= 4 is 5.97 Å². The smallest absolute Gasteiger partial charge is 0.303 e. The van der Waals surface area contributed by atoms with Gasteiger partial charge in [-0.3, -0.25) is 4.79 Å². The van der Waals surface area contributed by atoms with E-state index in [1.165, 1.54) is 24.8 Å². The van der Waals surface area contributed by atoms with Crippen LogP contribution in [-0.4, -0.2) is 28.8 Å². The first-order chi connectivity index (χ1) is 17.6. The van der Waals surface area contributed by atoms with Gasteiger partial charge in [0.15, 0.2) is 0 Å². The molecular weight excluding hydrogens is 446 g/mol. The molecule has 0 bridgehead atoms. The normalized spacial score (nSPS) is 12.6. The number of carbonyl (C=O) groups is 1. The van der Waals surface area contributed by atoms with Gasteiger partial charge in [-0.2, -0.15) is 0 Å². The summed E-state index contributed by atoms with van der Waals surface area (Å²) in [6.45, 7) is 0.748. The summed E-state index contributed by atoms with van der Waals surface area (Å²) in [4.78, 5) is 10.4. The number of unbranched alkanes of at least 4 members (excludes halogenated alkanes) is 5. The fraction of sp³-hybridized carbons (Fsp3) is 0.469. The van der Waals surface area contributed by atoms with Crippen LogP contribution in [0.1, 0.15) is 88.2 Å². The van der Waals surface area contributed by atoms with E-state index < -0.39 is 12.1 Å². The number of carboxylic acids is 1. The molecule has 4 N–H and O–H groups in total. The summed E-state index contributed by atoms with van der Waals surface area (Å²) in [5, 5.41) is 18.3. The third-order valence-corrected chi connectivity index (χ3v) is 5.63. The van der Waals surface area contributed by atoms with E-state index in [1.807, 2.05) is 18.2 Å². The Kier molecular flexibility index (Phi) is 19.5. The van der Waals surface area contributed by atoms with Crippen molar-refractivity contribution in [2.75, 3.05) is 6.54 Å². The van der Waals surface area contributed by atoms with Gasteiger partial charge in [0.1, 0.15) is 0 Å². The quantitative estimate of drug-likeness (QED) is 0.0851. The molecule has 1 rings (SSSR count). The molecule has 196 valence electrons. The van der Waals surface area contributed by atoms with Crippen LogP contribution in [-0.2, 0) is 11.2 Å². The number of nitrogens with two attached hydrogens (primary N) is 1. The highest BCUT2D eigenvalue weighted by Gasteiger charge is 2.01. The number of aryl methyl sites for hydroxylation is 1. The van der Waals surface area contributed by atoms with Crippen molar-refractivity contribution in [3.8, 4) is 11.8 Å². The second-order valence-electron chi connectivity index (χ2n) is 8.92. The van der Waals surface area contributed by atoms with Gasteiger partial charge in [0.2, 0.25) is 0 Å². The van der Waals surface area contributed by atoms with E-state index in [0.717, 1.165) is 57.1 Å². The molecule has 0 aliphatic heterocycles. The van der Waals surface area contributed by atoms with Crippen molar-refractivity contribution in [1.29, 1.82) is 0 Å². The summed E-state index contributed by atoms with van der Waals surface area (Å²) in [6.07, 6.45) is 27.6. The largest absolute Gasteiger partial charge is 0.481 e. The minimum atomic E-state index is -0.822. The predicted octanol–water partition coefficient (Wildman–Crippen LogP) is 6.89. The number of benzene rings is 1. The molecule has 0 saturated carbocycles. The Morgan fingerprint density at radius 2 is 1.64 bits per heavy atom. The predicted molar refractivity (Wildman–Crippen MR) is 152 cm³/mol. The van der Waals surface area contributed by atoms with Crippen LogP contribution in [0.25, 0.3) is 0 Å². The van der Waals surface area contributed by atoms with Crippen LogP contribution in [0.5, 0.6) is 0 Å². The number of aliphatic carboxylic acids is 1. The highest BCUT2D eigenvalue weighted by molar-refractivity contribution is 5.66. The van der Waals surface area contributed by atoms with Gasteiger partial charge < -0.3 is 15.9 Å². The van der Waals surface area contributed by atoms with E-state index in [4.69, 9.17) is 10.8 Å². The summed E-state index contributed by atoms with van der Waals surface area (Å²) in [6, 6.07) is 8.67. The molecule has 0 radical (unpaired) electrons. The van der Waals surface area contributed by atoms with Crippen molar-refractivity contribution in [3.05, 3.63) is 84.0 Å². The first kappa shape index (κ1) is 31.2. The monoisotopic (exact) mass is 491 g/mol. The number of hydrogen-bond acceptors (Lipinski definition) is 3. The first-order valence-electron chi connectivity index (χ1n) is 13.4. The molecule has 36 heavy (non-hydrogen) atoms. The molecule has 0 amide bonds. The molecule has 4 heteroatoms. The molecule has 0 aliphatic rings. The molecule has 0 heterocycles. The van der Waals surface area contributed by atoms with Gasteiger partial charge in [0.25, 0.3) is 0 Å². The summed E-state index contributed by atoms with van der Waals surface area (Å²) in [5.74, 6) is 5.63. The Morgan fingerprint density at radius 3 is 2.39 bits per heavy atom. The van der Waals surface area contributed by atoms with Crippen molar-refractivity contribution in [3.63, 3.8) is 0 Å². The van der Waals surface area contributed by atoms with Crippen LogP contribution in [0.2, 0.25) is 0 Å². The van der Waals surface area contributed by atoms with Crippen LogP contribution >= 0.6 is 0 Å². The number of allylic oxidation sites excluding steroid dienone is 7. The maximum atomic E-state index is 10.4. The van der Waals surface area contributed by atoms with Gasteiger partial charge in [0.05, 0.1) is 6.10 Å². The highest BCUT2D eigenvalue weighted by atomic mass is 16.4. The number of aliphatic hydroxyl groups excluding tert-OH is 1. The lowest BCUT2D eigenvalue weighted by Gasteiger charge is -2.02. The molecule has 0 spiro atoms. The van der Waals surface area contributed by atoms with Gasteiger partial charge >= 0.3 is 5.97 Å². The molecule has 1 aromatic rings. The minimum absolute atomic E-state index is 0.0999. The highest BCUT2D eigenvalue weighted by Crippen LogP contribution is 2.10. The van der Waals surface area contributed by atoms with Crippen LogP contribution in [0.3, 0.4) is 0 Å². The van der Waals surface area contributed by atoms with Crippen LogP contribution < -0.4 is 5.73 Å². The Balaban J connectivity index is 2.03. The summed E-state index contributed by atoms with van der Waals surface area (Å²) in [7, 11) is 0. The standard InChI is InChI=1S/C32H45NO3/c33-28-17-13-12-15-20-30-26-24-29(25-27-30)19-14-10-8-6-4-2-1-3-5-7-9-11-16-21-31(34)22-18-23-32(35)36/h2-5,9,11,16,21,24-27,31,34H,1,6-8,10,12-14,17-19,22-23,28,33H2,(H,35,36)/b4-2-,5-3-,11-9-,21-16+/t31-/m1/s1. The zero-order valence-corrected chi connectivity index (χ0v) is 21.8. The van der Waals surface area contributed by atoms with Crippen LogP contribution in [0.15, 0.2) is 72.9 Å². The summed E-state index contributed by atoms with van der Waals surface area (Å²) in [5.41, 5.74) is 7.98. The van der Waals surface area contributed by atoms with Gasteiger partial charge in [-0.15, -0.1) is 0 Å². The van der Waals surface area contributed by atoms with Crippen LogP contribution in [0, 0.1) is 11.8 Å². The van der Waals surface area contributed by atoms with Crippen molar-refractivity contribution < 1.29 is 15.0 Å². The summed E-state index contributed by atoms with van der Waals surface area (Å²) < 4.78 is 0. The first-order valence-corrected chi connectivity index (χ1v) is 13.4. The zero-order chi connectivity index (χ0) is 26.1. The van der Waals surface area contributed by atoms with E-state index in [1.54, 1.807) is 6.08 Å². The van der Waals surface area contributed by atoms with Crippen molar-refractivity contribution in [2.24, 2.45) is 5.73 Å². The number of rotatable bonds is 19.